The van der Waals surface area contributed by atoms with Crippen LogP contribution in [0.2, 0.25) is 0 Å². The van der Waals surface area contributed by atoms with Crippen LogP contribution >= 0.6 is 0 Å². The summed E-state index contributed by atoms with van der Waals surface area (Å²) in [6.45, 7) is 15.2. The fourth-order valence-corrected chi connectivity index (χ4v) is 2.48. The first-order valence-electron chi connectivity index (χ1n) is 7.27. The van der Waals surface area contributed by atoms with Crippen molar-refractivity contribution in [3.05, 3.63) is 35.3 Å². The van der Waals surface area contributed by atoms with Crippen LogP contribution < -0.4 is 5.73 Å². The van der Waals surface area contributed by atoms with Crippen molar-refractivity contribution >= 4 is 5.65 Å². The summed E-state index contributed by atoms with van der Waals surface area (Å²) in [5.41, 5.74) is 11.0. The quantitative estimate of drug-likeness (QED) is 0.854. The van der Waals surface area contributed by atoms with Crippen LogP contribution in [-0.4, -0.2) is 9.38 Å². The average Bonchev–Trinajstić information content (AvgIpc) is 2.67. The summed E-state index contributed by atoms with van der Waals surface area (Å²) >= 11 is 0. The van der Waals surface area contributed by atoms with E-state index in [4.69, 9.17) is 10.7 Å². The van der Waals surface area contributed by atoms with Crippen LogP contribution in [-0.2, 0) is 5.41 Å². The van der Waals surface area contributed by atoms with Crippen molar-refractivity contribution in [2.24, 2.45) is 11.1 Å². The molecule has 0 aliphatic carbocycles. The van der Waals surface area contributed by atoms with E-state index >= 15 is 0 Å². The third-order valence-electron chi connectivity index (χ3n) is 3.82. The lowest BCUT2D eigenvalue weighted by molar-refractivity contribution is 0.315. The number of rotatable bonds is 1. The summed E-state index contributed by atoms with van der Waals surface area (Å²) in [5, 5.41) is 0. The minimum absolute atomic E-state index is 0.000288. The maximum Gasteiger partial charge on any atom is 0.140 e. The Morgan fingerprint density at radius 1 is 1.15 bits per heavy atom. The number of aryl methyl sites for hydroxylation is 1. The van der Waals surface area contributed by atoms with E-state index in [0.717, 1.165) is 17.0 Å². The number of imidazole rings is 1. The first-order valence-corrected chi connectivity index (χ1v) is 7.27. The molecule has 110 valence electrons. The second-order valence-electron chi connectivity index (χ2n) is 7.82. The largest absolute Gasteiger partial charge is 0.322 e. The van der Waals surface area contributed by atoms with Crippen molar-refractivity contribution in [1.29, 1.82) is 0 Å². The smallest absolute Gasteiger partial charge is 0.140 e. The molecule has 2 N–H and O–H groups in total. The fourth-order valence-electron chi connectivity index (χ4n) is 2.48. The van der Waals surface area contributed by atoms with E-state index in [0.29, 0.717) is 0 Å². The van der Waals surface area contributed by atoms with Crippen molar-refractivity contribution in [1.82, 2.24) is 9.38 Å². The number of aromatic nitrogens is 2. The Bertz CT molecular complexity index is 624. The highest BCUT2D eigenvalue weighted by Crippen LogP contribution is 2.37. The molecule has 0 spiro atoms. The number of nitrogens with zero attached hydrogens (tertiary/aromatic N) is 2. The number of pyridine rings is 1. The minimum atomic E-state index is -0.0477. The van der Waals surface area contributed by atoms with Gasteiger partial charge in [-0.05, 0) is 24.0 Å². The summed E-state index contributed by atoms with van der Waals surface area (Å²) in [5.74, 6) is 0. The molecule has 0 aromatic carbocycles. The summed E-state index contributed by atoms with van der Waals surface area (Å²) < 4.78 is 2.17. The normalized spacial score (nSPS) is 14.8. The van der Waals surface area contributed by atoms with Crippen LogP contribution in [0.5, 0.6) is 0 Å². The fraction of sp³-hybridized carbons (Fsp3) is 0.588. The second-order valence-corrected chi connectivity index (χ2v) is 7.82. The summed E-state index contributed by atoms with van der Waals surface area (Å²) in [4.78, 5) is 4.90. The Morgan fingerprint density at radius 3 is 2.25 bits per heavy atom. The predicted octanol–water partition coefficient (Wildman–Crippen LogP) is 3.99. The van der Waals surface area contributed by atoms with Crippen LogP contribution in [0.15, 0.2) is 18.3 Å². The molecule has 2 aromatic rings. The molecule has 0 aliphatic heterocycles. The molecule has 1 unspecified atom stereocenters. The van der Waals surface area contributed by atoms with Gasteiger partial charge in [-0.25, -0.2) is 4.98 Å². The maximum absolute atomic E-state index is 6.57. The molecule has 0 saturated heterocycles. The van der Waals surface area contributed by atoms with Crippen molar-refractivity contribution in [3.8, 4) is 0 Å². The summed E-state index contributed by atoms with van der Waals surface area (Å²) in [6.07, 6.45) is 2.07. The van der Waals surface area contributed by atoms with Crippen LogP contribution in [0.4, 0.5) is 0 Å². The van der Waals surface area contributed by atoms with Gasteiger partial charge in [0.15, 0.2) is 0 Å². The summed E-state index contributed by atoms with van der Waals surface area (Å²) in [7, 11) is 0. The first kappa shape index (κ1) is 15.0. The molecule has 0 radical (unpaired) electrons. The van der Waals surface area contributed by atoms with E-state index in [1.807, 2.05) is 0 Å². The highest BCUT2D eigenvalue weighted by Gasteiger charge is 2.32. The van der Waals surface area contributed by atoms with E-state index in [-0.39, 0.29) is 16.9 Å². The molecule has 0 aliphatic rings. The van der Waals surface area contributed by atoms with Gasteiger partial charge in [-0.15, -0.1) is 0 Å². The lowest BCUT2D eigenvalue weighted by atomic mass is 9.81. The highest BCUT2D eigenvalue weighted by molar-refractivity contribution is 5.52. The first-order chi connectivity index (χ1) is 9.03. The van der Waals surface area contributed by atoms with Gasteiger partial charge in [0.05, 0.1) is 17.4 Å². The van der Waals surface area contributed by atoms with Gasteiger partial charge in [0.25, 0.3) is 0 Å². The van der Waals surface area contributed by atoms with Gasteiger partial charge in [-0.2, -0.15) is 0 Å². The van der Waals surface area contributed by atoms with Gasteiger partial charge in [0, 0.05) is 11.6 Å². The van der Waals surface area contributed by atoms with Crippen molar-refractivity contribution in [2.45, 2.75) is 59.9 Å². The van der Waals surface area contributed by atoms with Gasteiger partial charge in [0.1, 0.15) is 5.65 Å². The van der Waals surface area contributed by atoms with Crippen LogP contribution in [0.25, 0.3) is 5.65 Å². The van der Waals surface area contributed by atoms with Crippen molar-refractivity contribution < 1.29 is 0 Å². The number of fused-ring (bicyclic) bond motifs is 1. The molecule has 0 saturated carbocycles. The third-order valence-corrected chi connectivity index (χ3v) is 3.82. The molecule has 20 heavy (non-hydrogen) atoms. The molecular formula is C17H27N3. The number of nitrogens with two attached hydrogens (primary N) is 1. The number of hydrogen-bond donors (Lipinski definition) is 1. The summed E-state index contributed by atoms with van der Waals surface area (Å²) in [6, 6.07) is 4.12. The van der Waals surface area contributed by atoms with E-state index in [1.54, 1.807) is 0 Å². The Morgan fingerprint density at radius 2 is 1.75 bits per heavy atom. The molecule has 2 aromatic heterocycles. The molecule has 0 bridgehead atoms. The lowest BCUT2D eigenvalue weighted by Crippen LogP contribution is -2.30. The molecule has 0 amide bonds. The lowest BCUT2D eigenvalue weighted by Gasteiger charge is -2.30. The van der Waals surface area contributed by atoms with Gasteiger partial charge in [-0.1, -0.05) is 47.6 Å². The van der Waals surface area contributed by atoms with Gasteiger partial charge in [0.2, 0.25) is 0 Å². The second kappa shape index (κ2) is 4.59. The van der Waals surface area contributed by atoms with E-state index < -0.39 is 0 Å². The third kappa shape index (κ3) is 2.47. The van der Waals surface area contributed by atoms with Gasteiger partial charge < -0.3 is 10.1 Å². The standard InChI is InChI=1S/C17H27N3/c1-11-9-8-10-20-12(13(18)16(2,3)4)14(17(5,6)7)19-15(11)20/h8-10,13H,18H2,1-7H3. The predicted molar refractivity (Wildman–Crippen MR) is 85.0 cm³/mol. The Balaban J connectivity index is 2.82. The SMILES string of the molecule is Cc1cccn2c(C(N)C(C)(C)C)c(C(C)(C)C)nc12. The van der Waals surface area contributed by atoms with E-state index in [9.17, 15) is 0 Å². The monoisotopic (exact) mass is 273 g/mol. The molecular weight excluding hydrogens is 246 g/mol. The van der Waals surface area contributed by atoms with Gasteiger partial charge in [-0.3, -0.25) is 0 Å². The number of hydrogen-bond acceptors (Lipinski definition) is 2. The average molecular weight is 273 g/mol. The maximum atomic E-state index is 6.57. The van der Waals surface area contributed by atoms with Gasteiger partial charge >= 0.3 is 0 Å². The van der Waals surface area contributed by atoms with E-state index in [1.165, 1.54) is 5.56 Å². The molecule has 2 heterocycles. The zero-order valence-corrected chi connectivity index (χ0v) is 13.8. The molecule has 1 atom stereocenters. The molecule has 2 rings (SSSR count). The molecule has 3 heteroatoms. The Kier molecular flexibility index (Phi) is 3.45. The van der Waals surface area contributed by atoms with Crippen LogP contribution in [0.1, 0.15) is 64.5 Å². The van der Waals surface area contributed by atoms with Crippen molar-refractivity contribution in [2.75, 3.05) is 0 Å². The Hall–Kier alpha value is -1.35. The molecule has 0 fully saturated rings. The topological polar surface area (TPSA) is 43.3 Å². The zero-order chi connectivity index (χ0) is 15.3. The van der Waals surface area contributed by atoms with Crippen LogP contribution in [0.3, 0.4) is 0 Å². The van der Waals surface area contributed by atoms with Crippen LogP contribution in [0, 0.1) is 12.3 Å². The van der Waals surface area contributed by atoms with E-state index in [2.05, 4.69) is 71.2 Å². The highest BCUT2D eigenvalue weighted by atomic mass is 15.0. The zero-order valence-electron chi connectivity index (χ0n) is 13.8. The molecule has 3 nitrogen and oxygen atoms in total. The Labute approximate surface area is 122 Å². The minimum Gasteiger partial charge on any atom is -0.322 e. The van der Waals surface area contributed by atoms with Crippen molar-refractivity contribution in [3.63, 3.8) is 0 Å².